The first kappa shape index (κ1) is 14.3. The van der Waals surface area contributed by atoms with Crippen molar-refractivity contribution >= 4 is 0 Å². The first-order valence-corrected chi connectivity index (χ1v) is 7.63. The average Bonchev–Trinajstić information content (AvgIpc) is 3.17. The van der Waals surface area contributed by atoms with E-state index in [0.717, 1.165) is 18.7 Å². The maximum absolute atomic E-state index is 10.2. The van der Waals surface area contributed by atoms with E-state index in [9.17, 15) is 5.11 Å². The Bertz CT molecular complexity index is 532. The molecule has 1 saturated carbocycles. The largest absolute Gasteiger partial charge is 0.389 e. The molecule has 0 unspecified atom stereocenters. The van der Waals surface area contributed by atoms with Crippen molar-refractivity contribution in [2.24, 2.45) is 0 Å². The number of aliphatic hydroxyl groups excluding tert-OH is 1. The highest BCUT2D eigenvalue weighted by Crippen LogP contribution is 2.20. The summed E-state index contributed by atoms with van der Waals surface area (Å²) in [6.07, 6.45) is 12.8. The van der Waals surface area contributed by atoms with Crippen LogP contribution < -0.4 is 0 Å². The van der Waals surface area contributed by atoms with Crippen LogP contribution in [0.15, 0.2) is 24.8 Å². The molecule has 0 bridgehead atoms. The normalized spacial score (nSPS) is 18.0. The Kier molecular flexibility index (Phi) is 4.67. The molecular formula is C15H22N4O2. The van der Waals surface area contributed by atoms with Gasteiger partial charge in [0.2, 0.25) is 0 Å². The number of H-pyrrole nitrogens is 1. The van der Waals surface area contributed by atoms with E-state index in [4.69, 9.17) is 4.74 Å². The summed E-state index contributed by atoms with van der Waals surface area (Å²) in [6.45, 7) is 0.837. The zero-order chi connectivity index (χ0) is 14.5. The fraction of sp³-hybridized carbons (Fsp3) is 0.600. The smallest absolute Gasteiger partial charge is 0.176 e. The Hall–Kier alpha value is -1.66. The number of hydrogen-bond donors (Lipinski definition) is 2. The van der Waals surface area contributed by atoms with Crippen molar-refractivity contribution in [2.75, 3.05) is 6.61 Å². The molecule has 2 N–H and O–H groups in total. The first-order chi connectivity index (χ1) is 10.3. The molecule has 3 rings (SSSR count). The molecule has 1 aliphatic rings. The van der Waals surface area contributed by atoms with E-state index in [0.29, 0.717) is 25.1 Å². The summed E-state index contributed by atoms with van der Waals surface area (Å²) in [4.78, 5) is 11.5. The van der Waals surface area contributed by atoms with E-state index < -0.39 is 6.10 Å². The van der Waals surface area contributed by atoms with Crippen molar-refractivity contribution in [2.45, 2.75) is 50.9 Å². The lowest BCUT2D eigenvalue weighted by molar-refractivity contribution is -0.0282. The van der Waals surface area contributed by atoms with Gasteiger partial charge in [-0.25, -0.2) is 9.97 Å². The van der Waals surface area contributed by atoms with Gasteiger partial charge in [-0.05, 0) is 12.8 Å². The number of imidazole rings is 2. The van der Waals surface area contributed by atoms with Crippen LogP contribution in [0.4, 0.5) is 0 Å². The number of hydrogen-bond acceptors (Lipinski definition) is 4. The zero-order valence-electron chi connectivity index (χ0n) is 12.1. The van der Waals surface area contributed by atoms with Gasteiger partial charge in [0.15, 0.2) is 11.6 Å². The van der Waals surface area contributed by atoms with E-state index >= 15 is 0 Å². The molecule has 0 aliphatic heterocycles. The van der Waals surface area contributed by atoms with Crippen LogP contribution in [0, 0.1) is 0 Å². The Morgan fingerprint density at radius 1 is 1.29 bits per heavy atom. The maximum Gasteiger partial charge on any atom is 0.176 e. The molecule has 6 nitrogen and oxygen atoms in total. The van der Waals surface area contributed by atoms with Crippen LogP contribution in [0.25, 0.3) is 11.6 Å². The lowest BCUT2D eigenvalue weighted by Gasteiger charge is -2.23. The van der Waals surface area contributed by atoms with Gasteiger partial charge in [0, 0.05) is 24.8 Å². The standard InChI is InChI=1S/C15H22N4O2/c20-12(11-21-13-4-2-1-3-5-13)10-19-9-8-18-15(19)14-16-6-7-17-14/h6-9,12-13,20H,1-5,10-11H2,(H,16,17)/t12-/m1/s1. The molecule has 2 heterocycles. The minimum absolute atomic E-state index is 0.320. The molecule has 0 spiro atoms. The number of rotatable bonds is 6. The second-order valence-corrected chi connectivity index (χ2v) is 5.59. The Morgan fingerprint density at radius 2 is 2.14 bits per heavy atom. The van der Waals surface area contributed by atoms with Gasteiger partial charge in [-0.2, -0.15) is 0 Å². The summed E-state index contributed by atoms with van der Waals surface area (Å²) >= 11 is 0. The minimum Gasteiger partial charge on any atom is -0.389 e. The third-order valence-electron chi connectivity index (χ3n) is 3.91. The lowest BCUT2D eigenvalue weighted by atomic mass is 9.98. The second-order valence-electron chi connectivity index (χ2n) is 5.59. The van der Waals surface area contributed by atoms with Crippen LogP contribution in [-0.4, -0.2) is 43.4 Å². The van der Waals surface area contributed by atoms with E-state index in [1.165, 1.54) is 19.3 Å². The van der Waals surface area contributed by atoms with E-state index in [2.05, 4.69) is 15.0 Å². The summed E-state index contributed by atoms with van der Waals surface area (Å²) in [5, 5.41) is 10.2. The molecule has 1 fully saturated rings. The SMILES string of the molecule is O[C@@H](COC1CCCCC1)Cn1ccnc1-c1ncc[nH]1. The van der Waals surface area contributed by atoms with Crippen LogP contribution >= 0.6 is 0 Å². The number of aromatic nitrogens is 4. The third kappa shape index (κ3) is 3.71. The molecular weight excluding hydrogens is 268 g/mol. The molecule has 1 aliphatic carbocycles. The van der Waals surface area contributed by atoms with Gasteiger partial charge in [0.1, 0.15) is 0 Å². The van der Waals surface area contributed by atoms with Gasteiger partial charge in [-0.3, -0.25) is 0 Å². The maximum atomic E-state index is 10.2. The topological polar surface area (TPSA) is 76.0 Å². The first-order valence-electron chi connectivity index (χ1n) is 7.63. The number of aliphatic hydroxyl groups is 1. The van der Waals surface area contributed by atoms with Crippen molar-refractivity contribution in [3.05, 3.63) is 24.8 Å². The van der Waals surface area contributed by atoms with E-state index in [-0.39, 0.29) is 0 Å². The van der Waals surface area contributed by atoms with Crippen molar-refractivity contribution < 1.29 is 9.84 Å². The Labute approximate surface area is 124 Å². The molecule has 0 saturated heterocycles. The third-order valence-corrected chi connectivity index (χ3v) is 3.91. The van der Waals surface area contributed by atoms with Crippen molar-refractivity contribution in [1.82, 2.24) is 19.5 Å². The van der Waals surface area contributed by atoms with Gasteiger partial charge in [-0.15, -0.1) is 0 Å². The monoisotopic (exact) mass is 290 g/mol. The van der Waals surface area contributed by atoms with Gasteiger partial charge in [0.05, 0.1) is 25.4 Å². The van der Waals surface area contributed by atoms with Gasteiger partial charge in [0.25, 0.3) is 0 Å². The predicted octanol–water partition coefficient (Wildman–Crippen LogP) is 1.98. The van der Waals surface area contributed by atoms with E-state index in [1.807, 2.05) is 10.8 Å². The van der Waals surface area contributed by atoms with Crippen LogP contribution in [0.5, 0.6) is 0 Å². The lowest BCUT2D eigenvalue weighted by Crippen LogP contribution is -2.27. The highest BCUT2D eigenvalue weighted by Gasteiger charge is 2.17. The molecule has 2 aromatic heterocycles. The van der Waals surface area contributed by atoms with Crippen LogP contribution in [0.3, 0.4) is 0 Å². The van der Waals surface area contributed by atoms with Crippen molar-refractivity contribution in [1.29, 1.82) is 0 Å². The molecule has 21 heavy (non-hydrogen) atoms. The van der Waals surface area contributed by atoms with Gasteiger partial charge < -0.3 is 19.4 Å². The van der Waals surface area contributed by atoms with Crippen LogP contribution in [0.2, 0.25) is 0 Å². The molecule has 0 amide bonds. The van der Waals surface area contributed by atoms with Gasteiger partial charge >= 0.3 is 0 Å². The highest BCUT2D eigenvalue weighted by molar-refractivity contribution is 5.43. The quantitative estimate of drug-likeness (QED) is 0.853. The van der Waals surface area contributed by atoms with Gasteiger partial charge in [-0.1, -0.05) is 19.3 Å². The number of ether oxygens (including phenoxy) is 1. The summed E-state index contributed by atoms with van der Waals surface area (Å²) in [5.74, 6) is 1.44. The van der Waals surface area contributed by atoms with Crippen LogP contribution in [0.1, 0.15) is 32.1 Å². The Balaban J connectivity index is 1.53. The summed E-state index contributed by atoms with van der Waals surface area (Å²) < 4.78 is 7.71. The molecule has 6 heteroatoms. The number of nitrogens with one attached hydrogen (secondary N) is 1. The molecule has 2 aromatic rings. The summed E-state index contributed by atoms with van der Waals surface area (Å²) in [5.41, 5.74) is 0. The molecule has 114 valence electrons. The van der Waals surface area contributed by atoms with E-state index in [1.54, 1.807) is 18.6 Å². The summed E-state index contributed by atoms with van der Waals surface area (Å²) in [6, 6.07) is 0. The molecule has 1 atom stereocenters. The van der Waals surface area contributed by atoms with Crippen LogP contribution in [-0.2, 0) is 11.3 Å². The number of aromatic amines is 1. The highest BCUT2D eigenvalue weighted by atomic mass is 16.5. The fourth-order valence-corrected chi connectivity index (χ4v) is 2.82. The summed E-state index contributed by atoms with van der Waals surface area (Å²) in [7, 11) is 0. The molecule has 0 aromatic carbocycles. The molecule has 0 radical (unpaired) electrons. The predicted molar refractivity (Wildman–Crippen MR) is 78.6 cm³/mol. The minimum atomic E-state index is -0.533. The van der Waals surface area contributed by atoms with Crippen molar-refractivity contribution in [3.63, 3.8) is 0 Å². The second kappa shape index (κ2) is 6.87. The Morgan fingerprint density at radius 3 is 2.90 bits per heavy atom. The van der Waals surface area contributed by atoms with Crippen molar-refractivity contribution in [3.8, 4) is 11.6 Å². The fourth-order valence-electron chi connectivity index (χ4n) is 2.82. The zero-order valence-corrected chi connectivity index (χ0v) is 12.1. The average molecular weight is 290 g/mol. The number of nitrogens with zero attached hydrogens (tertiary/aromatic N) is 3.